The largest absolute Gasteiger partial charge is 2.00 e. The molecule has 0 aliphatic heterocycles. The zero-order valence-electron chi connectivity index (χ0n) is 23.7. The number of rotatable bonds is 16. The van der Waals surface area contributed by atoms with Crippen LogP contribution in [0.1, 0.15) is 81.1 Å². The molecule has 0 amide bonds. The van der Waals surface area contributed by atoms with E-state index in [2.05, 4.69) is 0 Å². The van der Waals surface area contributed by atoms with Crippen molar-refractivity contribution in [3.05, 3.63) is 0 Å². The summed E-state index contributed by atoms with van der Waals surface area (Å²) in [6, 6.07) is 0. The Morgan fingerprint density at radius 1 is 0.600 bits per heavy atom. The first-order valence-electron chi connectivity index (χ1n) is 12.0. The molecule has 0 saturated carbocycles. The van der Waals surface area contributed by atoms with Crippen molar-refractivity contribution in [2.45, 2.75) is 103 Å². The van der Waals surface area contributed by atoms with E-state index in [9.17, 15) is 19.2 Å². The fourth-order valence-corrected chi connectivity index (χ4v) is 11.3. The van der Waals surface area contributed by atoms with Gasteiger partial charge in [0.2, 0.25) is 0 Å². The second kappa shape index (κ2) is 18.8. The van der Waals surface area contributed by atoms with Crippen molar-refractivity contribution in [2.24, 2.45) is 0 Å². The van der Waals surface area contributed by atoms with Gasteiger partial charge in [-0.15, -0.1) is 0 Å². The summed E-state index contributed by atoms with van der Waals surface area (Å²) >= 11 is 0. The van der Waals surface area contributed by atoms with E-state index in [1.807, 2.05) is 41.5 Å². The number of carbonyl (C=O) groups is 4. The molecular formula is C24H48O8PtSi2+2. The fourth-order valence-electron chi connectivity index (χ4n) is 4.50. The SMILES string of the molecule is CCCC(=O)C(C(C)=O)[Si](OC)(OC)C(C)C.CCCC(=O)C(C(C)=O)[Si](OC)(OC)C(C)C.[Pt+2]. The number of hydrogen-bond acceptors (Lipinski definition) is 8. The summed E-state index contributed by atoms with van der Waals surface area (Å²) < 4.78 is 22.1. The van der Waals surface area contributed by atoms with Crippen LogP contribution in [0.2, 0.25) is 22.2 Å². The van der Waals surface area contributed by atoms with Crippen LogP contribution in [-0.4, -0.2) is 68.7 Å². The molecule has 0 aliphatic carbocycles. The monoisotopic (exact) mass is 715 g/mol. The molecule has 0 fully saturated rings. The molecule has 35 heavy (non-hydrogen) atoms. The van der Waals surface area contributed by atoms with Crippen LogP contribution in [0.3, 0.4) is 0 Å². The van der Waals surface area contributed by atoms with Crippen LogP contribution < -0.4 is 0 Å². The van der Waals surface area contributed by atoms with Gasteiger partial charge >= 0.3 is 38.2 Å². The predicted octanol–water partition coefficient (Wildman–Crippen LogP) is 4.92. The van der Waals surface area contributed by atoms with Crippen molar-refractivity contribution in [1.82, 2.24) is 0 Å². The van der Waals surface area contributed by atoms with Gasteiger partial charge in [0.05, 0.1) is 0 Å². The van der Waals surface area contributed by atoms with Gasteiger partial charge in [-0.25, -0.2) is 0 Å². The normalized spacial score (nSPS) is 13.4. The molecule has 0 heterocycles. The number of Topliss-reactive ketones (excluding diaryl/α,β-unsaturated/α-hetero) is 4. The maximum Gasteiger partial charge on any atom is 2.00 e. The predicted molar refractivity (Wildman–Crippen MR) is 138 cm³/mol. The van der Waals surface area contributed by atoms with Gasteiger partial charge in [0.25, 0.3) is 0 Å². The smallest absolute Gasteiger partial charge is 0.397 e. The Balaban J connectivity index is -0.000000569. The summed E-state index contributed by atoms with van der Waals surface area (Å²) in [7, 11) is 0.505. The molecule has 0 aromatic heterocycles. The minimum atomic E-state index is -2.81. The standard InChI is InChI=1S/2C12H24O4Si.Pt/c2*1-7-8-11(14)12(10(4)13)17(15-5,16-6)9(2)3;/h2*9,12H,7-8H2,1-6H3;/q;;+2. The average Bonchev–Trinajstić information content (AvgIpc) is 2.75. The number of hydrogen-bond donors (Lipinski definition) is 0. The Morgan fingerprint density at radius 3 is 0.943 bits per heavy atom. The Kier molecular flexibility index (Phi) is 21.1. The van der Waals surface area contributed by atoms with Gasteiger partial charge in [0, 0.05) is 41.3 Å². The summed E-state index contributed by atoms with van der Waals surface area (Å²) in [6.45, 7) is 14.5. The molecule has 11 heteroatoms. The van der Waals surface area contributed by atoms with Crippen LogP contribution in [-0.2, 0) is 57.9 Å². The first kappa shape index (κ1) is 39.2. The van der Waals surface area contributed by atoms with E-state index in [1.165, 1.54) is 42.3 Å². The molecular weight excluding hydrogens is 668 g/mol. The van der Waals surface area contributed by atoms with E-state index >= 15 is 0 Å². The molecule has 0 saturated heterocycles. The van der Waals surface area contributed by atoms with Crippen molar-refractivity contribution in [3.8, 4) is 0 Å². The summed E-state index contributed by atoms with van der Waals surface area (Å²) in [6.07, 6.45) is 2.27. The molecule has 0 aromatic rings. The molecule has 0 spiro atoms. The third-order valence-corrected chi connectivity index (χ3v) is 15.0. The van der Waals surface area contributed by atoms with E-state index in [0.29, 0.717) is 12.8 Å². The Labute approximate surface area is 229 Å². The third kappa shape index (κ3) is 10.1. The van der Waals surface area contributed by atoms with Gasteiger partial charge < -0.3 is 17.7 Å². The zero-order chi connectivity index (χ0) is 27.3. The van der Waals surface area contributed by atoms with Gasteiger partial charge in [-0.2, -0.15) is 0 Å². The Bertz CT molecular complexity index is 606. The van der Waals surface area contributed by atoms with Crippen LogP contribution in [0.4, 0.5) is 0 Å². The summed E-state index contributed by atoms with van der Waals surface area (Å²) in [5.41, 5.74) is -1.32. The van der Waals surface area contributed by atoms with Crippen molar-refractivity contribution in [2.75, 3.05) is 28.4 Å². The molecule has 0 aromatic carbocycles. The average molecular weight is 716 g/mol. The van der Waals surface area contributed by atoms with Crippen LogP contribution in [0.15, 0.2) is 0 Å². The molecule has 208 valence electrons. The van der Waals surface area contributed by atoms with Gasteiger partial charge in [0.15, 0.2) is 0 Å². The van der Waals surface area contributed by atoms with Crippen molar-refractivity contribution < 1.29 is 57.9 Å². The molecule has 0 aliphatic rings. The van der Waals surface area contributed by atoms with Gasteiger partial charge in [-0.05, 0) is 37.8 Å². The van der Waals surface area contributed by atoms with E-state index in [4.69, 9.17) is 17.7 Å². The second-order valence-corrected chi connectivity index (χ2v) is 17.1. The first-order chi connectivity index (χ1) is 15.7. The molecule has 0 N–H and O–H groups in total. The second-order valence-electron chi connectivity index (χ2n) is 9.09. The summed E-state index contributed by atoms with van der Waals surface area (Å²) in [4.78, 5) is 47.8. The number of carbonyl (C=O) groups excluding carboxylic acids is 4. The number of ketones is 4. The van der Waals surface area contributed by atoms with Gasteiger partial charge in [-0.3, -0.25) is 19.2 Å². The molecule has 0 radical (unpaired) electrons. The first-order valence-corrected chi connectivity index (χ1v) is 15.9. The van der Waals surface area contributed by atoms with Crippen LogP contribution in [0.25, 0.3) is 0 Å². The van der Waals surface area contributed by atoms with Gasteiger partial charge in [0.1, 0.15) is 34.2 Å². The van der Waals surface area contributed by atoms with Crippen molar-refractivity contribution >= 4 is 40.3 Å². The zero-order valence-corrected chi connectivity index (χ0v) is 28.0. The topological polar surface area (TPSA) is 105 Å². The fraction of sp³-hybridized carbons (Fsp3) is 0.833. The minimum Gasteiger partial charge on any atom is -0.397 e. The van der Waals surface area contributed by atoms with Crippen LogP contribution in [0, 0.1) is 0 Å². The van der Waals surface area contributed by atoms with Crippen LogP contribution in [0.5, 0.6) is 0 Å². The van der Waals surface area contributed by atoms with Crippen LogP contribution >= 0.6 is 0 Å². The Morgan fingerprint density at radius 2 is 0.829 bits per heavy atom. The molecule has 8 nitrogen and oxygen atoms in total. The molecule has 2 atom stereocenters. The molecule has 0 rings (SSSR count). The maximum absolute atomic E-state index is 12.1. The summed E-state index contributed by atoms with van der Waals surface area (Å²) in [5, 5.41) is 0. The summed E-state index contributed by atoms with van der Waals surface area (Å²) in [5.74, 6) is -0.395. The maximum atomic E-state index is 12.1. The quantitative estimate of drug-likeness (QED) is 0.164. The molecule has 2 unspecified atom stereocenters. The van der Waals surface area contributed by atoms with Crippen molar-refractivity contribution in [1.29, 1.82) is 0 Å². The van der Waals surface area contributed by atoms with E-state index in [-0.39, 0.29) is 55.3 Å². The third-order valence-electron chi connectivity index (χ3n) is 6.14. The Hall–Kier alpha value is -0.358. The van der Waals surface area contributed by atoms with Crippen molar-refractivity contribution in [3.63, 3.8) is 0 Å². The van der Waals surface area contributed by atoms with E-state index in [1.54, 1.807) is 0 Å². The minimum absolute atomic E-state index is 0. The molecule has 0 bridgehead atoms. The van der Waals surface area contributed by atoms with E-state index < -0.39 is 28.2 Å². The van der Waals surface area contributed by atoms with E-state index in [0.717, 1.165) is 12.8 Å². The van der Waals surface area contributed by atoms with Gasteiger partial charge in [-0.1, -0.05) is 41.5 Å².